The predicted octanol–water partition coefficient (Wildman–Crippen LogP) is 3.25. The summed E-state index contributed by atoms with van der Waals surface area (Å²) < 4.78 is 5.13. The molecular weight excluding hydrogens is 266 g/mol. The summed E-state index contributed by atoms with van der Waals surface area (Å²) in [4.78, 5) is 26.9. The van der Waals surface area contributed by atoms with Crippen LogP contribution in [0, 0.1) is 17.3 Å². The minimum absolute atomic E-state index is 0.0577. The maximum absolute atomic E-state index is 12.8. The van der Waals surface area contributed by atoms with Crippen LogP contribution in [0.1, 0.15) is 60.3 Å². The minimum atomic E-state index is -0.698. The van der Waals surface area contributed by atoms with Crippen LogP contribution in [0.5, 0.6) is 0 Å². The molecule has 2 atom stereocenters. The van der Waals surface area contributed by atoms with E-state index in [9.17, 15) is 9.59 Å². The summed E-state index contributed by atoms with van der Waals surface area (Å²) in [5, 5.41) is 0. The molecule has 0 radical (unpaired) electrons. The average Bonchev–Trinajstić information content (AvgIpc) is 2.62. The van der Waals surface area contributed by atoms with E-state index in [1.807, 2.05) is 25.7 Å². The topological polar surface area (TPSA) is 46.6 Å². The predicted molar refractivity (Wildman–Crippen MR) is 83.8 cm³/mol. The molecule has 1 rings (SSSR count). The van der Waals surface area contributed by atoms with E-state index in [1.165, 1.54) is 12.8 Å². The molecule has 0 aromatic rings. The lowest BCUT2D eigenvalue weighted by atomic mass is 9.79. The van der Waals surface area contributed by atoms with Crippen molar-refractivity contribution in [2.75, 3.05) is 19.7 Å². The average molecular weight is 297 g/mol. The van der Waals surface area contributed by atoms with Gasteiger partial charge in [0.25, 0.3) is 0 Å². The largest absolute Gasteiger partial charge is 0.465 e. The van der Waals surface area contributed by atoms with Gasteiger partial charge >= 0.3 is 5.97 Å². The molecule has 122 valence electrons. The Morgan fingerprint density at radius 1 is 1.19 bits per heavy atom. The summed E-state index contributed by atoms with van der Waals surface area (Å²) in [5.74, 6) is -0.432. The van der Waals surface area contributed by atoms with E-state index in [2.05, 4.69) is 6.92 Å². The molecule has 0 saturated carbocycles. The monoisotopic (exact) mass is 297 g/mol. The zero-order valence-corrected chi connectivity index (χ0v) is 14.3. The number of carbonyl (C=O) groups excluding carboxylic acids is 2. The Morgan fingerprint density at radius 3 is 2.38 bits per heavy atom. The summed E-state index contributed by atoms with van der Waals surface area (Å²) in [6.07, 6.45) is 4.42. The van der Waals surface area contributed by atoms with Gasteiger partial charge in [0.15, 0.2) is 0 Å². The number of nitrogens with zero attached hydrogens (tertiary/aromatic N) is 1. The molecule has 0 N–H and O–H groups in total. The molecule has 21 heavy (non-hydrogen) atoms. The van der Waals surface area contributed by atoms with Crippen molar-refractivity contribution in [2.45, 2.75) is 60.3 Å². The third-order valence-corrected chi connectivity index (χ3v) is 4.37. The molecule has 0 bridgehead atoms. The van der Waals surface area contributed by atoms with Crippen molar-refractivity contribution in [3.05, 3.63) is 0 Å². The highest BCUT2D eigenvalue weighted by atomic mass is 16.5. The molecule has 1 aliphatic rings. The van der Waals surface area contributed by atoms with Gasteiger partial charge in [0, 0.05) is 13.1 Å². The highest BCUT2D eigenvalue weighted by Crippen LogP contribution is 2.30. The van der Waals surface area contributed by atoms with Crippen LogP contribution in [0.3, 0.4) is 0 Å². The van der Waals surface area contributed by atoms with Crippen LogP contribution in [0.2, 0.25) is 0 Å². The minimum Gasteiger partial charge on any atom is -0.465 e. The van der Waals surface area contributed by atoms with Crippen molar-refractivity contribution in [1.29, 1.82) is 0 Å². The van der Waals surface area contributed by atoms with Crippen molar-refractivity contribution in [2.24, 2.45) is 17.3 Å². The molecule has 0 aromatic heterocycles. The van der Waals surface area contributed by atoms with Gasteiger partial charge in [-0.1, -0.05) is 34.1 Å². The van der Waals surface area contributed by atoms with Crippen LogP contribution in [-0.2, 0) is 14.3 Å². The van der Waals surface area contributed by atoms with Crippen molar-refractivity contribution in [1.82, 2.24) is 4.90 Å². The van der Waals surface area contributed by atoms with E-state index >= 15 is 0 Å². The molecule has 1 saturated heterocycles. The molecule has 1 fully saturated rings. The number of hydrogen-bond acceptors (Lipinski definition) is 3. The highest BCUT2D eigenvalue weighted by Gasteiger charge is 2.41. The number of amides is 1. The molecule has 4 nitrogen and oxygen atoms in total. The third kappa shape index (κ3) is 5.01. The molecule has 0 aliphatic carbocycles. The van der Waals surface area contributed by atoms with Crippen LogP contribution in [0.15, 0.2) is 0 Å². The smallest absolute Gasteiger partial charge is 0.319 e. The zero-order valence-electron chi connectivity index (χ0n) is 14.3. The van der Waals surface area contributed by atoms with Crippen LogP contribution >= 0.6 is 0 Å². The fourth-order valence-electron chi connectivity index (χ4n) is 3.03. The molecule has 0 aromatic carbocycles. The fourth-order valence-corrected chi connectivity index (χ4v) is 3.03. The molecule has 1 amide bonds. The quantitative estimate of drug-likeness (QED) is 0.591. The lowest BCUT2D eigenvalue weighted by Gasteiger charge is -2.32. The lowest BCUT2D eigenvalue weighted by molar-refractivity contribution is -0.160. The van der Waals surface area contributed by atoms with E-state index in [4.69, 9.17) is 4.74 Å². The fraction of sp³-hybridized carbons (Fsp3) is 0.882. The standard InChI is InChI=1S/C17H31NO3/c1-6-13-9-8-11-18(12-10-13)15(19)14(17(3,4)5)16(20)21-7-2/h13-14H,6-12H2,1-5H3. The third-order valence-electron chi connectivity index (χ3n) is 4.37. The number of rotatable bonds is 4. The van der Waals surface area contributed by atoms with E-state index < -0.39 is 11.3 Å². The maximum atomic E-state index is 12.8. The summed E-state index contributed by atoms with van der Waals surface area (Å²) >= 11 is 0. The molecular formula is C17H31NO3. The van der Waals surface area contributed by atoms with Crippen LogP contribution in [0.25, 0.3) is 0 Å². The summed E-state index contributed by atoms with van der Waals surface area (Å²) in [7, 11) is 0. The van der Waals surface area contributed by atoms with Crippen LogP contribution in [-0.4, -0.2) is 36.5 Å². The van der Waals surface area contributed by atoms with E-state index in [-0.39, 0.29) is 11.9 Å². The van der Waals surface area contributed by atoms with Gasteiger partial charge in [0.05, 0.1) is 6.61 Å². The summed E-state index contributed by atoms with van der Waals surface area (Å²) in [6, 6.07) is 0. The van der Waals surface area contributed by atoms with Crippen LogP contribution < -0.4 is 0 Å². The summed E-state index contributed by atoms with van der Waals surface area (Å²) in [6.45, 7) is 11.6. The van der Waals surface area contributed by atoms with Crippen molar-refractivity contribution < 1.29 is 14.3 Å². The number of ether oxygens (including phenoxy) is 1. The first-order valence-electron chi connectivity index (χ1n) is 8.26. The Hall–Kier alpha value is -1.06. The van der Waals surface area contributed by atoms with Gasteiger partial charge in [0.1, 0.15) is 5.92 Å². The van der Waals surface area contributed by atoms with Crippen molar-refractivity contribution in [3.63, 3.8) is 0 Å². The Bertz CT molecular complexity index is 360. The van der Waals surface area contributed by atoms with Gasteiger partial charge in [0.2, 0.25) is 5.91 Å². The first-order chi connectivity index (χ1) is 9.81. The van der Waals surface area contributed by atoms with E-state index in [0.29, 0.717) is 12.5 Å². The highest BCUT2D eigenvalue weighted by molar-refractivity contribution is 5.98. The Kier molecular flexibility index (Phi) is 6.69. The SMILES string of the molecule is CCOC(=O)C(C(=O)N1CCCC(CC)CC1)C(C)(C)C. The van der Waals surface area contributed by atoms with Gasteiger partial charge in [-0.25, -0.2) is 0 Å². The Morgan fingerprint density at radius 2 is 1.86 bits per heavy atom. The lowest BCUT2D eigenvalue weighted by Crippen LogP contribution is -2.46. The van der Waals surface area contributed by atoms with Gasteiger partial charge in [-0.15, -0.1) is 0 Å². The Labute approximate surface area is 129 Å². The molecule has 2 unspecified atom stereocenters. The van der Waals surface area contributed by atoms with Gasteiger partial charge in [-0.2, -0.15) is 0 Å². The van der Waals surface area contributed by atoms with Crippen molar-refractivity contribution >= 4 is 11.9 Å². The van der Waals surface area contributed by atoms with E-state index in [0.717, 1.165) is 25.9 Å². The van der Waals surface area contributed by atoms with Gasteiger partial charge < -0.3 is 9.64 Å². The number of hydrogen-bond donors (Lipinski definition) is 0. The number of esters is 1. The number of likely N-dealkylation sites (tertiary alicyclic amines) is 1. The van der Waals surface area contributed by atoms with E-state index in [1.54, 1.807) is 6.92 Å². The van der Waals surface area contributed by atoms with Crippen molar-refractivity contribution in [3.8, 4) is 0 Å². The first-order valence-corrected chi connectivity index (χ1v) is 8.26. The molecule has 1 aliphatic heterocycles. The normalized spacial score (nSPS) is 21.6. The second kappa shape index (κ2) is 7.81. The second-order valence-electron chi connectivity index (χ2n) is 7.08. The van der Waals surface area contributed by atoms with Crippen LogP contribution in [0.4, 0.5) is 0 Å². The summed E-state index contributed by atoms with van der Waals surface area (Å²) in [5.41, 5.74) is -0.417. The first kappa shape index (κ1) is 18.0. The van der Waals surface area contributed by atoms with Gasteiger partial charge in [-0.3, -0.25) is 9.59 Å². The Balaban J connectivity index is 2.83. The molecule has 4 heteroatoms. The zero-order chi connectivity index (χ0) is 16.0. The number of carbonyl (C=O) groups is 2. The molecule has 1 heterocycles. The molecule has 0 spiro atoms. The second-order valence-corrected chi connectivity index (χ2v) is 7.08. The van der Waals surface area contributed by atoms with Gasteiger partial charge in [-0.05, 0) is 37.5 Å². The maximum Gasteiger partial charge on any atom is 0.319 e.